The molecule has 1 aromatic carbocycles. The number of nitrogens with zero attached hydrogens (tertiary/aromatic N) is 5. The molecule has 2 saturated heterocycles. The normalized spacial score (nSPS) is 17.5. The van der Waals surface area contributed by atoms with Gasteiger partial charge < -0.3 is 14.7 Å². The maximum Gasteiger partial charge on any atom is 0.264 e. The van der Waals surface area contributed by atoms with Gasteiger partial charge in [-0.15, -0.1) is 23.7 Å². The molecule has 0 atom stereocenters. The molecule has 1 aromatic heterocycles. The lowest BCUT2D eigenvalue weighted by Gasteiger charge is -2.36. The number of hydrogen-bond acceptors (Lipinski definition) is 6. The highest BCUT2D eigenvalue weighted by Crippen LogP contribution is 2.32. The molecule has 10 heteroatoms. The fourth-order valence-corrected chi connectivity index (χ4v) is 6.50. The average Bonchev–Trinajstić information content (AvgIpc) is 3.34. The molecular formula is C27H40Cl3N5OS. The first-order valence-corrected chi connectivity index (χ1v) is 14.6. The standard InChI is InChI=1S/C27H39Cl2N5OS.ClH/c1-21(2)32-16-18-34(19-17-32)27(35)25-9-8-22(36-25)20-30(3)10-5-11-31-12-14-33(15-13-31)24-7-4-6-23(28)26(24)29;/h4,6-9,21H,5,10-20H2,1-3H3;1H. The molecule has 6 nitrogen and oxygen atoms in total. The van der Waals surface area contributed by atoms with Gasteiger partial charge >= 0.3 is 0 Å². The van der Waals surface area contributed by atoms with Crippen LogP contribution in [-0.4, -0.2) is 104 Å². The summed E-state index contributed by atoms with van der Waals surface area (Å²) in [5.41, 5.74) is 1.04. The Hall–Kier alpha value is -1.06. The average molecular weight is 589 g/mol. The van der Waals surface area contributed by atoms with E-state index in [-0.39, 0.29) is 18.3 Å². The molecule has 4 rings (SSSR count). The van der Waals surface area contributed by atoms with Gasteiger partial charge in [0.1, 0.15) is 0 Å². The van der Waals surface area contributed by atoms with Crippen LogP contribution in [0.1, 0.15) is 34.8 Å². The molecule has 0 saturated carbocycles. The number of piperazine rings is 2. The van der Waals surface area contributed by atoms with E-state index >= 15 is 0 Å². The van der Waals surface area contributed by atoms with Crippen LogP contribution in [0.4, 0.5) is 5.69 Å². The summed E-state index contributed by atoms with van der Waals surface area (Å²) in [5, 5.41) is 1.27. The third-order valence-corrected chi connectivity index (χ3v) is 9.16. The molecule has 0 spiro atoms. The van der Waals surface area contributed by atoms with E-state index in [0.717, 1.165) is 89.0 Å². The van der Waals surface area contributed by atoms with Gasteiger partial charge in [0.05, 0.1) is 20.6 Å². The summed E-state index contributed by atoms with van der Waals surface area (Å²) in [6.07, 6.45) is 1.13. The third kappa shape index (κ3) is 8.21. The van der Waals surface area contributed by atoms with Gasteiger partial charge in [0, 0.05) is 69.8 Å². The number of anilines is 1. The number of rotatable bonds is 9. The Morgan fingerprint density at radius 2 is 1.70 bits per heavy atom. The monoisotopic (exact) mass is 587 g/mol. The van der Waals surface area contributed by atoms with Gasteiger partial charge in [0.2, 0.25) is 0 Å². The number of thiophene rings is 1. The maximum absolute atomic E-state index is 13.0. The fourth-order valence-electron chi connectivity index (χ4n) is 5.03. The lowest BCUT2D eigenvalue weighted by atomic mass is 10.2. The molecule has 1 amide bonds. The van der Waals surface area contributed by atoms with Crippen LogP contribution in [0.5, 0.6) is 0 Å². The van der Waals surface area contributed by atoms with Crippen molar-refractivity contribution in [3.8, 4) is 0 Å². The Morgan fingerprint density at radius 1 is 1.00 bits per heavy atom. The van der Waals surface area contributed by atoms with E-state index in [0.29, 0.717) is 16.1 Å². The van der Waals surface area contributed by atoms with E-state index in [1.165, 1.54) is 4.88 Å². The highest BCUT2D eigenvalue weighted by atomic mass is 35.5. The first kappa shape index (κ1) is 30.5. The van der Waals surface area contributed by atoms with E-state index in [4.69, 9.17) is 23.2 Å². The van der Waals surface area contributed by atoms with Gasteiger partial charge in [-0.1, -0.05) is 29.3 Å². The molecule has 37 heavy (non-hydrogen) atoms. The maximum atomic E-state index is 13.0. The largest absolute Gasteiger partial charge is 0.368 e. The molecule has 0 N–H and O–H groups in total. The molecule has 2 fully saturated rings. The molecular weight excluding hydrogens is 549 g/mol. The highest BCUT2D eigenvalue weighted by Gasteiger charge is 2.24. The minimum absolute atomic E-state index is 0. The van der Waals surface area contributed by atoms with Gasteiger partial charge in [-0.05, 0) is 64.7 Å². The Morgan fingerprint density at radius 3 is 2.38 bits per heavy atom. The first-order chi connectivity index (χ1) is 17.3. The summed E-state index contributed by atoms with van der Waals surface area (Å²) in [6, 6.07) is 10.5. The van der Waals surface area contributed by atoms with Crippen LogP contribution in [0, 0.1) is 0 Å². The van der Waals surface area contributed by atoms with Crippen LogP contribution in [0.3, 0.4) is 0 Å². The molecule has 0 unspecified atom stereocenters. The predicted octanol–water partition coefficient (Wildman–Crippen LogP) is 5.29. The first-order valence-electron chi connectivity index (χ1n) is 13.0. The zero-order chi connectivity index (χ0) is 25.7. The van der Waals surface area contributed by atoms with Crippen LogP contribution in [0.15, 0.2) is 30.3 Å². The van der Waals surface area contributed by atoms with Crippen LogP contribution < -0.4 is 4.90 Å². The summed E-state index contributed by atoms with van der Waals surface area (Å²) in [7, 11) is 2.17. The van der Waals surface area contributed by atoms with Crippen LogP contribution in [-0.2, 0) is 6.54 Å². The molecule has 2 aromatic rings. The number of carbonyl (C=O) groups is 1. The van der Waals surface area contributed by atoms with Gasteiger partial charge in [0.25, 0.3) is 5.91 Å². The predicted molar refractivity (Wildman–Crippen MR) is 160 cm³/mol. The van der Waals surface area contributed by atoms with Crippen molar-refractivity contribution in [2.75, 3.05) is 77.4 Å². The number of benzene rings is 1. The summed E-state index contributed by atoms with van der Waals surface area (Å²) >= 11 is 14.2. The number of hydrogen-bond donors (Lipinski definition) is 0. The van der Waals surface area contributed by atoms with Crippen molar-refractivity contribution in [2.24, 2.45) is 0 Å². The number of amides is 1. The zero-order valence-corrected chi connectivity index (χ0v) is 25.3. The zero-order valence-electron chi connectivity index (χ0n) is 22.2. The summed E-state index contributed by atoms with van der Waals surface area (Å²) in [4.78, 5) is 26.8. The summed E-state index contributed by atoms with van der Waals surface area (Å²) < 4.78 is 0. The van der Waals surface area contributed by atoms with Gasteiger partial charge in [-0.2, -0.15) is 0 Å². The summed E-state index contributed by atoms with van der Waals surface area (Å²) in [5.74, 6) is 0.190. The molecule has 0 bridgehead atoms. The molecule has 0 radical (unpaired) electrons. The Balaban J connectivity index is 0.00000380. The van der Waals surface area contributed by atoms with E-state index in [1.807, 2.05) is 23.1 Å². The van der Waals surface area contributed by atoms with E-state index in [9.17, 15) is 4.79 Å². The SMILES string of the molecule is CC(C)N1CCN(C(=O)c2ccc(CN(C)CCCN3CCN(c4cccc(Cl)c4Cl)CC3)s2)CC1.Cl. The lowest BCUT2D eigenvalue weighted by molar-refractivity contribution is 0.0600. The molecule has 2 aliphatic rings. The van der Waals surface area contributed by atoms with E-state index in [2.05, 4.69) is 52.6 Å². The number of halogens is 3. The van der Waals surface area contributed by atoms with Gasteiger partial charge in [-0.25, -0.2) is 0 Å². The lowest BCUT2D eigenvalue weighted by Crippen LogP contribution is -2.50. The second-order valence-corrected chi connectivity index (χ2v) is 12.1. The molecule has 3 heterocycles. The Kier molecular flexibility index (Phi) is 11.8. The Bertz CT molecular complexity index is 1000. The van der Waals surface area contributed by atoms with Crippen molar-refractivity contribution >= 4 is 58.5 Å². The van der Waals surface area contributed by atoms with Crippen molar-refractivity contribution in [1.82, 2.24) is 19.6 Å². The van der Waals surface area contributed by atoms with Crippen molar-refractivity contribution < 1.29 is 4.79 Å². The van der Waals surface area contributed by atoms with Crippen molar-refractivity contribution in [3.05, 3.63) is 50.1 Å². The molecule has 0 aliphatic carbocycles. The number of carbonyl (C=O) groups excluding carboxylic acids is 1. The fraction of sp³-hybridized carbons (Fsp3) is 0.593. The smallest absolute Gasteiger partial charge is 0.264 e. The van der Waals surface area contributed by atoms with Crippen LogP contribution in [0.25, 0.3) is 0 Å². The van der Waals surface area contributed by atoms with Crippen molar-refractivity contribution in [3.63, 3.8) is 0 Å². The van der Waals surface area contributed by atoms with Gasteiger partial charge in [0.15, 0.2) is 0 Å². The highest BCUT2D eigenvalue weighted by molar-refractivity contribution is 7.14. The molecule has 2 aliphatic heterocycles. The van der Waals surface area contributed by atoms with E-state index < -0.39 is 0 Å². The Labute approximate surface area is 242 Å². The molecule has 206 valence electrons. The second kappa shape index (κ2) is 14.4. The minimum atomic E-state index is 0. The van der Waals surface area contributed by atoms with Crippen LogP contribution in [0.2, 0.25) is 10.0 Å². The van der Waals surface area contributed by atoms with Crippen LogP contribution >= 0.6 is 46.9 Å². The second-order valence-electron chi connectivity index (χ2n) is 10.2. The quantitative estimate of drug-likeness (QED) is 0.398. The van der Waals surface area contributed by atoms with Crippen molar-refractivity contribution in [2.45, 2.75) is 32.9 Å². The third-order valence-electron chi connectivity index (χ3n) is 7.29. The van der Waals surface area contributed by atoms with Crippen molar-refractivity contribution in [1.29, 1.82) is 0 Å². The summed E-state index contributed by atoms with van der Waals surface area (Å²) in [6.45, 7) is 15.1. The topological polar surface area (TPSA) is 33.3 Å². The minimum Gasteiger partial charge on any atom is -0.368 e. The van der Waals surface area contributed by atoms with Gasteiger partial charge in [-0.3, -0.25) is 14.6 Å². The van der Waals surface area contributed by atoms with E-state index in [1.54, 1.807) is 11.3 Å².